The number of amides is 1. The van der Waals surface area contributed by atoms with E-state index in [1.165, 1.54) is 0 Å². The number of carbonyl (C=O) groups is 1. The van der Waals surface area contributed by atoms with Gasteiger partial charge in [-0.2, -0.15) is 0 Å². The monoisotopic (exact) mass is 251 g/mol. The predicted molar refractivity (Wildman–Crippen MR) is 65.5 cm³/mol. The van der Waals surface area contributed by atoms with Crippen molar-refractivity contribution in [2.45, 2.75) is 19.4 Å². The molecule has 6 heteroatoms. The summed E-state index contributed by atoms with van der Waals surface area (Å²) in [4.78, 5) is 15.4. The van der Waals surface area contributed by atoms with Crippen molar-refractivity contribution >= 4 is 18.3 Å². The van der Waals surface area contributed by atoms with Gasteiger partial charge in [0.25, 0.3) is 0 Å². The Morgan fingerprint density at radius 1 is 1.50 bits per heavy atom. The first-order valence-electron chi connectivity index (χ1n) is 5.20. The summed E-state index contributed by atoms with van der Waals surface area (Å²) in [6, 6.07) is 0. The minimum absolute atomic E-state index is 0. The first-order chi connectivity index (χ1) is 6.92. The van der Waals surface area contributed by atoms with Crippen LogP contribution in [0.25, 0.3) is 0 Å². The molecule has 1 amide bonds. The van der Waals surface area contributed by atoms with Crippen LogP contribution in [-0.2, 0) is 9.53 Å². The van der Waals surface area contributed by atoms with Crippen molar-refractivity contribution in [2.24, 2.45) is 5.73 Å². The van der Waals surface area contributed by atoms with E-state index < -0.39 is 0 Å². The number of rotatable bonds is 5. The minimum atomic E-state index is -0.252. The smallest absolute Gasteiger partial charge is 0.237 e. The predicted octanol–water partition coefficient (Wildman–Crippen LogP) is -0.106. The number of ether oxygens (including phenoxy) is 1. The van der Waals surface area contributed by atoms with E-state index in [4.69, 9.17) is 10.5 Å². The van der Waals surface area contributed by atoms with E-state index in [1.54, 1.807) is 12.0 Å². The molecule has 1 saturated heterocycles. The van der Waals surface area contributed by atoms with Gasteiger partial charge >= 0.3 is 0 Å². The van der Waals surface area contributed by atoms with Gasteiger partial charge in [0.2, 0.25) is 5.91 Å². The van der Waals surface area contributed by atoms with Crippen LogP contribution < -0.4 is 5.73 Å². The van der Waals surface area contributed by atoms with E-state index in [2.05, 4.69) is 4.90 Å². The summed E-state index contributed by atoms with van der Waals surface area (Å²) in [5.74, 6) is 0.163. The maximum atomic E-state index is 11.6. The Hall–Kier alpha value is -0.360. The van der Waals surface area contributed by atoms with E-state index >= 15 is 0 Å². The molecule has 96 valence electrons. The van der Waals surface area contributed by atoms with Gasteiger partial charge in [-0.3, -0.25) is 9.69 Å². The standard InChI is InChI=1S/C10H21N3O2.ClH/c1-10(2,11)7-12-6-9(14)13(8-12)4-5-15-3;/h4-8,11H2,1-3H3;1H. The SMILES string of the molecule is COCCN1CN(CC(C)(C)N)CC1=O.Cl. The highest BCUT2D eigenvalue weighted by Crippen LogP contribution is 2.09. The zero-order chi connectivity index (χ0) is 11.5. The first kappa shape index (κ1) is 15.6. The summed E-state index contributed by atoms with van der Waals surface area (Å²) in [6.07, 6.45) is 0. The van der Waals surface area contributed by atoms with Crippen molar-refractivity contribution in [3.63, 3.8) is 0 Å². The Bertz CT molecular complexity index is 231. The highest BCUT2D eigenvalue weighted by molar-refractivity contribution is 5.85. The van der Waals surface area contributed by atoms with Gasteiger partial charge in [-0.25, -0.2) is 0 Å². The normalized spacial score (nSPS) is 17.8. The second-order valence-corrected chi connectivity index (χ2v) is 4.77. The lowest BCUT2D eigenvalue weighted by Gasteiger charge is -2.25. The molecule has 0 atom stereocenters. The highest BCUT2D eigenvalue weighted by atomic mass is 35.5. The third kappa shape index (κ3) is 5.12. The van der Waals surface area contributed by atoms with Gasteiger partial charge in [0, 0.05) is 25.7 Å². The maximum absolute atomic E-state index is 11.6. The molecular formula is C10H22ClN3O2. The molecule has 5 nitrogen and oxygen atoms in total. The molecule has 0 aromatic rings. The summed E-state index contributed by atoms with van der Waals surface area (Å²) in [6.45, 7) is 7.07. The van der Waals surface area contributed by atoms with Gasteiger partial charge < -0.3 is 15.4 Å². The van der Waals surface area contributed by atoms with Crippen LogP contribution in [0.15, 0.2) is 0 Å². The fourth-order valence-corrected chi connectivity index (χ4v) is 1.74. The summed E-state index contributed by atoms with van der Waals surface area (Å²) >= 11 is 0. The van der Waals surface area contributed by atoms with Crippen LogP contribution >= 0.6 is 12.4 Å². The number of halogens is 1. The largest absolute Gasteiger partial charge is 0.383 e. The molecule has 0 spiro atoms. The summed E-state index contributed by atoms with van der Waals surface area (Å²) in [7, 11) is 1.64. The molecule has 1 heterocycles. The highest BCUT2D eigenvalue weighted by Gasteiger charge is 2.29. The number of methoxy groups -OCH3 is 1. The van der Waals surface area contributed by atoms with E-state index in [1.807, 2.05) is 13.8 Å². The van der Waals surface area contributed by atoms with Crippen LogP contribution in [0.5, 0.6) is 0 Å². The summed E-state index contributed by atoms with van der Waals surface area (Å²) < 4.78 is 4.95. The Balaban J connectivity index is 0.00000225. The average Bonchev–Trinajstić information content (AvgIpc) is 2.39. The van der Waals surface area contributed by atoms with Crippen LogP contribution in [-0.4, -0.2) is 61.3 Å². The fourth-order valence-electron chi connectivity index (χ4n) is 1.74. The lowest BCUT2D eigenvalue weighted by molar-refractivity contribution is -0.127. The topological polar surface area (TPSA) is 58.8 Å². The quantitative estimate of drug-likeness (QED) is 0.741. The lowest BCUT2D eigenvalue weighted by atomic mass is 10.1. The Labute approximate surface area is 103 Å². The van der Waals surface area contributed by atoms with Crippen LogP contribution in [0.2, 0.25) is 0 Å². The van der Waals surface area contributed by atoms with Gasteiger partial charge in [-0.1, -0.05) is 0 Å². The molecule has 0 unspecified atom stereocenters. The van der Waals surface area contributed by atoms with Crippen molar-refractivity contribution in [3.8, 4) is 0 Å². The zero-order valence-corrected chi connectivity index (χ0v) is 11.0. The summed E-state index contributed by atoms with van der Waals surface area (Å²) in [5.41, 5.74) is 5.66. The molecule has 0 saturated carbocycles. The third-order valence-corrected chi connectivity index (χ3v) is 2.28. The molecule has 1 fully saturated rings. The molecule has 0 aromatic heterocycles. The van der Waals surface area contributed by atoms with Crippen molar-refractivity contribution < 1.29 is 9.53 Å². The summed E-state index contributed by atoms with van der Waals surface area (Å²) in [5, 5.41) is 0. The second kappa shape index (κ2) is 6.39. The van der Waals surface area contributed by atoms with Gasteiger partial charge in [-0.15, -0.1) is 12.4 Å². The van der Waals surface area contributed by atoms with Crippen LogP contribution in [0.4, 0.5) is 0 Å². The lowest BCUT2D eigenvalue weighted by Crippen LogP contribution is -2.45. The molecule has 2 N–H and O–H groups in total. The maximum Gasteiger partial charge on any atom is 0.237 e. The van der Waals surface area contributed by atoms with Crippen LogP contribution in [0.1, 0.15) is 13.8 Å². The molecule has 1 rings (SSSR count). The average molecular weight is 252 g/mol. The molecule has 0 bridgehead atoms. The van der Waals surface area contributed by atoms with Gasteiger partial charge in [0.15, 0.2) is 0 Å². The zero-order valence-electron chi connectivity index (χ0n) is 10.2. The van der Waals surface area contributed by atoms with Crippen molar-refractivity contribution in [2.75, 3.05) is 40.0 Å². The molecule has 1 aliphatic heterocycles. The van der Waals surface area contributed by atoms with E-state index in [9.17, 15) is 4.79 Å². The molecular weight excluding hydrogens is 230 g/mol. The van der Waals surface area contributed by atoms with E-state index in [-0.39, 0.29) is 23.9 Å². The van der Waals surface area contributed by atoms with Crippen molar-refractivity contribution in [1.82, 2.24) is 9.80 Å². The number of nitrogens with zero attached hydrogens (tertiary/aromatic N) is 2. The Morgan fingerprint density at radius 2 is 2.12 bits per heavy atom. The van der Waals surface area contributed by atoms with Gasteiger partial charge in [0.05, 0.1) is 19.8 Å². The molecule has 16 heavy (non-hydrogen) atoms. The molecule has 0 aromatic carbocycles. The first-order valence-corrected chi connectivity index (χ1v) is 5.20. The molecule has 0 aliphatic carbocycles. The number of hydrogen-bond donors (Lipinski definition) is 1. The Morgan fingerprint density at radius 3 is 2.62 bits per heavy atom. The second-order valence-electron chi connectivity index (χ2n) is 4.77. The van der Waals surface area contributed by atoms with E-state index in [0.29, 0.717) is 26.4 Å². The number of nitrogens with two attached hydrogens (primary N) is 1. The van der Waals surface area contributed by atoms with Gasteiger partial charge in [-0.05, 0) is 13.8 Å². The number of hydrogen-bond acceptors (Lipinski definition) is 4. The Kier molecular flexibility index (Phi) is 6.25. The van der Waals surface area contributed by atoms with Crippen molar-refractivity contribution in [1.29, 1.82) is 0 Å². The molecule has 1 aliphatic rings. The van der Waals surface area contributed by atoms with Gasteiger partial charge in [0.1, 0.15) is 0 Å². The van der Waals surface area contributed by atoms with Crippen LogP contribution in [0, 0.1) is 0 Å². The van der Waals surface area contributed by atoms with Crippen molar-refractivity contribution in [3.05, 3.63) is 0 Å². The van der Waals surface area contributed by atoms with E-state index in [0.717, 1.165) is 6.54 Å². The number of carbonyl (C=O) groups excluding carboxylic acids is 1. The molecule has 0 radical (unpaired) electrons. The fraction of sp³-hybridized carbons (Fsp3) is 0.900. The minimum Gasteiger partial charge on any atom is -0.383 e. The third-order valence-electron chi connectivity index (χ3n) is 2.28. The van der Waals surface area contributed by atoms with Crippen LogP contribution in [0.3, 0.4) is 0 Å².